The van der Waals surface area contributed by atoms with Gasteiger partial charge >= 0.3 is 6.09 Å². The first-order chi connectivity index (χ1) is 20.2. The Morgan fingerprint density at radius 1 is 0.929 bits per heavy atom. The van der Waals surface area contributed by atoms with Gasteiger partial charge in [-0.1, -0.05) is 26.0 Å². The molecular formula is C32H42N6O4. The fraction of sp³-hybridized carbons (Fsp3) is 0.438. The molecule has 0 spiro atoms. The van der Waals surface area contributed by atoms with Gasteiger partial charge in [-0.15, -0.1) is 0 Å². The lowest BCUT2D eigenvalue weighted by Gasteiger charge is -2.28. The van der Waals surface area contributed by atoms with Gasteiger partial charge in [0.15, 0.2) is 0 Å². The zero-order valence-electron chi connectivity index (χ0n) is 25.2. The van der Waals surface area contributed by atoms with Gasteiger partial charge in [-0.3, -0.25) is 9.69 Å². The number of hydrogen-bond donors (Lipinski definition) is 2. The van der Waals surface area contributed by atoms with Crippen LogP contribution in [0.3, 0.4) is 0 Å². The first kappa shape index (κ1) is 30.8. The van der Waals surface area contributed by atoms with Gasteiger partial charge < -0.3 is 25.0 Å². The Morgan fingerprint density at radius 2 is 1.60 bits per heavy atom. The van der Waals surface area contributed by atoms with Gasteiger partial charge in [0.25, 0.3) is 0 Å². The third-order valence-electron chi connectivity index (χ3n) is 6.79. The van der Waals surface area contributed by atoms with E-state index in [1.165, 1.54) is 10.6 Å². The summed E-state index contributed by atoms with van der Waals surface area (Å²) in [6.07, 6.45) is 2.63. The fourth-order valence-corrected chi connectivity index (χ4v) is 4.81. The smallest absolute Gasteiger partial charge is 0.410 e. The van der Waals surface area contributed by atoms with E-state index < -0.39 is 17.7 Å². The van der Waals surface area contributed by atoms with Crippen molar-refractivity contribution < 1.29 is 19.1 Å². The summed E-state index contributed by atoms with van der Waals surface area (Å²) in [7, 11) is 0. The van der Waals surface area contributed by atoms with Gasteiger partial charge in [0.1, 0.15) is 11.6 Å². The number of ether oxygens (including phenoxy) is 2. The molecule has 2 aromatic carbocycles. The van der Waals surface area contributed by atoms with Crippen LogP contribution in [0.15, 0.2) is 60.8 Å². The maximum atomic E-state index is 13.0. The van der Waals surface area contributed by atoms with E-state index in [0.29, 0.717) is 24.6 Å². The molecule has 1 unspecified atom stereocenters. The third kappa shape index (κ3) is 8.19. The van der Waals surface area contributed by atoms with Crippen molar-refractivity contribution in [3.05, 3.63) is 60.8 Å². The maximum absolute atomic E-state index is 13.0. The Hall–Kier alpha value is -4.18. The van der Waals surface area contributed by atoms with Gasteiger partial charge in [0, 0.05) is 48.5 Å². The summed E-state index contributed by atoms with van der Waals surface area (Å²) in [6.45, 7) is 13.3. The summed E-state index contributed by atoms with van der Waals surface area (Å²) in [4.78, 5) is 38.4. The number of amides is 2. The topological polar surface area (TPSA) is 109 Å². The molecule has 2 aliphatic heterocycles. The Morgan fingerprint density at radius 3 is 2.26 bits per heavy atom. The highest BCUT2D eigenvalue weighted by atomic mass is 16.6. The molecule has 10 nitrogen and oxygen atoms in total. The van der Waals surface area contributed by atoms with E-state index in [2.05, 4.69) is 37.6 Å². The van der Waals surface area contributed by atoms with Crippen LogP contribution in [0.25, 0.3) is 11.3 Å². The molecule has 2 N–H and O–H groups in total. The number of hydrogen-bond acceptors (Lipinski definition) is 8. The number of benzene rings is 2. The standard InChI is InChI=1S/C30H36N6O4.C2H6/c1-30(2,3)40-29(38)36-16-4-5-26(36)27(37)32-22-8-6-21(7-9-22)25-14-15-31-28(34-25)33-23-10-12-24(13-11-23)35-17-19-39-20-18-35;1-2/h6-15,26H,4-5,16-20H2,1-3H3,(H,32,37)(H,31,33,34);1-2H3. The van der Waals surface area contributed by atoms with E-state index in [1.54, 1.807) is 6.20 Å². The van der Waals surface area contributed by atoms with Crippen molar-refractivity contribution in [2.24, 2.45) is 0 Å². The number of likely N-dealkylation sites (tertiary alicyclic amines) is 1. The van der Waals surface area contributed by atoms with Gasteiger partial charge in [0.05, 0.1) is 18.9 Å². The summed E-state index contributed by atoms with van der Waals surface area (Å²) in [5, 5.41) is 6.21. The van der Waals surface area contributed by atoms with Crippen LogP contribution >= 0.6 is 0 Å². The van der Waals surface area contributed by atoms with E-state index in [9.17, 15) is 9.59 Å². The maximum Gasteiger partial charge on any atom is 0.410 e. The second-order valence-electron chi connectivity index (χ2n) is 10.9. The largest absolute Gasteiger partial charge is 0.444 e. The minimum atomic E-state index is -0.611. The number of rotatable bonds is 6. The average molecular weight is 575 g/mol. The minimum Gasteiger partial charge on any atom is -0.444 e. The van der Waals surface area contributed by atoms with Crippen LogP contribution < -0.4 is 15.5 Å². The molecule has 2 saturated heterocycles. The molecule has 2 aliphatic rings. The van der Waals surface area contributed by atoms with Crippen LogP contribution in [0.2, 0.25) is 0 Å². The molecule has 5 rings (SSSR count). The number of anilines is 4. The quantitative estimate of drug-likeness (QED) is 0.364. The van der Waals surface area contributed by atoms with E-state index >= 15 is 0 Å². The van der Waals surface area contributed by atoms with Gasteiger partial charge in [-0.25, -0.2) is 14.8 Å². The van der Waals surface area contributed by atoms with Crippen molar-refractivity contribution >= 4 is 35.0 Å². The predicted molar refractivity (Wildman–Crippen MR) is 166 cm³/mol. The normalized spacial score (nSPS) is 16.7. The molecule has 42 heavy (non-hydrogen) atoms. The van der Waals surface area contributed by atoms with Crippen LogP contribution in [0.5, 0.6) is 0 Å². The van der Waals surface area contributed by atoms with Crippen molar-refractivity contribution in [3.8, 4) is 11.3 Å². The van der Waals surface area contributed by atoms with Crippen LogP contribution in [0.1, 0.15) is 47.5 Å². The molecule has 224 valence electrons. The van der Waals surface area contributed by atoms with Crippen molar-refractivity contribution in [2.45, 2.75) is 59.1 Å². The fourth-order valence-electron chi connectivity index (χ4n) is 4.81. The van der Waals surface area contributed by atoms with Gasteiger partial charge in [0.2, 0.25) is 11.9 Å². The number of morpholine rings is 1. The lowest BCUT2D eigenvalue weighted by Crippen LogP contribution is -2.45. The number of nitrogens with one attached hydrogen (secondary N) is 2. The Labute approximate surface area is 248 Å². The summed E-state index contributed by atoms with van der Waals surface area (Å²) in [6, 6.07) is 17.0. The van der Waals surface area contributed by atoms with Crippen LogP contribution in [0, 0.1) is 0 Å². The van der Waals surface area contributed by atoms with Gasteiger partial charge in [-0.05, 0) is 76.1 Å². The molecule has 3 heterocycles. The first-order valence-electron chi connectivity index (χ1n) is 14.7. The SMILES string of the molecule is CC.CC(C)(C)OC(=O)N1CCCC1C(=O)Nc1ccc(-c2ccnc(Nc3ccc(N4CCOCC4)cc3)n2)cc1. The number of nitrogens with zero attached hydrogens (tertiary/aromatic N) is 4. The van der Waals surface area contributed by atoms with Crippen LogP contribution in [-0.4, -0.2) is 71.4 Å². The summed E-state index contributed by atoms with van der Waals surface area (Å²) < 4.78 is 10.9. The molecule has 2 amide bonds. The number of carbonyl (C=O) groups is 2. The molecule has 1 atom stereocenters. The van der Waals surface area contributed by atoms with E-state index in [0.717, 1.165) is 49.7 Å². The molecule has 3 aromatic rings. The van der Waals surface area contributed by atoms with Crippen molar-refractivity contribution in [3.63, 3.8) is 0 Å². The highest BCUT2D eigenvalue weighted by Gasteiger charge is 2.36. The molecule has 10 heteroatoms. The summed E-state index contributed by atoms with van der Waals surface area (Å²) in [5.74, 6) is 0.279. The highest BCUT2D eigenvalue weighted by Crippen LogP contribution is 2.25. The molecule has 1 aromatic heterocycles. The second-order valence-corrected chi connectivity index (χ2v) is 10.9. The second kappa shape index (κ2) is 14.1. The Balaban J connectivity index is 0.00000198. The summed E-state index contributed by atoms with van der Waals surface area (Å²) >= 11 is 0. The average Bonchev–Trinajstić information content (AvgIpc) is 3.50. The first-order valence-corrected chi connectivity index (χ1v) is 14.7. The molecule has 0 aliphatic carbocycles. The zero-order valence-corrected chi connectivity index (χ0v) is 25.2. The van der Waals surface area contributed by atoms with Crippen LogP contribution in [0.4, 0.5) is 27.8 Å². The third-order valence-corrected chi connectivity index (χ3v) is 6.79. The lowest BCUT2D eigenvalue weighted by molar-refractivity contribution is -0.120. The van der Waals surface area contributed by atoms with Crippen molar-refractivity contribution in [2.75, 3.05) is 48.4 Å². The Kier molecular flexibility index (Phi) is 10.4. The minimum absolute atomic E-state index is 0.218. The van der Waals surface area contributed by atoms with E-state index in [4.69, 9.17) is 9.47 Å². The number of aromatic nitrogens is 2. The van der Waals surface area contributed by atoms with Crippen LogP contribution in [-0.2, 0) is 14.3 Å². The number of carbonyl (C=O) groups excluding carboxylic acids is 2. The summed E-state index contributed by atoms with van der Waals surface area (Å²) in [5.41, 5.74) is 3.76. The molecule has 0 saturated carbocycles. The highest BCUT2D eigenvalue weighted by molar-refractivity contribution is 5.97. The molecule has 0 bridgehead atoms. The van der Waals surface area contributed by atoms with Gasteiger partial charge in [-0.2, -0.15) is 0 Å². The molecular weight excluding hydrogens is 532 g/mol. The van der Waals surface area contributed by atoms with Crippen molar-refractivity contribution in [1.82, 2.24) is 14.9 Å². The predicted octanol–water partition coefficient (Wildman–Crippen LogP) is 6.09. The molecule has 2 fully saturated rings. The Bertz CT molecular complexity index is 1320. The van der Waals surface area contributed by atoms with E-state index in [-0.39, 0.29) is 5.91 Å². The lowest BCUT2D eigenvalue weighted by atomic mass is 10.1. The van der Waals surface area contributed by atoms with E-state index in [1.807, 2.05) is 77.1 Å². The molecule has 0 radical (unpaired) electrons. The monoisotopic (exact) mass is 574 g/mol. The zero-order chi connectivity index (χ0) is 30.1. The van der Waals surface area contributed by atoms with Crippen molar-refractivity contribution in [1.29, 1.82) is 0 Å².